The Morgan fingerprint density at radius 2 is 2.00 bits per heavy atom. The molecule has 20 heavy (non-hydrogen) atoms. The number of aliphatic hydroxyl groups excluding tert-OH is 2. The van der Waals surface area contributed by atoms with Crippen LogP contribution < -0.4 is 5.73 Å². The van der Waals surface area contributed by atoms with E-state index in [0.717, 1.165) is 12.1 Å². The Labute approximate surface area is 112 Å². The molecule has 0 saturated heterocycles. The van der Waals surface area contributed by atoms with E-state index in [4.69, 9.17) is 5.73 Å². The number of esters is 1. The second-order valence-corrected chi connectivity index (χ2v) is 3.95. The molecule has 1 aromatic rings. The highest BCUT2D eigenvalue weighted by molar-refractivity contribution is 5.76. The fourth-order valence-corrected chi connectivity index (χ4v) is 1.67. The van der Waals surface area contributed by atoms with Crippen molar-refractivity contribution in [3.05, 3.63) is 29.3 Å². The zero-order valence-electron chi connectivity index (χ0n) is 10.5. The summed E-state index contributed by atoms with van der Waals surface area (Å²) in [7, 11) is 0. The minimum absolute atomic E-state index is 0.0843. The van der Waals surface area contributed by atoms with Gasteiger partial charge in [-0.2, -0.15) is 13.2 Å². The maximum atomic E-state index is 12.8. The van der Waals surface area contributed by atoms with Gasteiger partial charge in [-0.3, -0.25) is 0 Å². The molecule has 1 aromatic carbocycles. The minimum atomic E-state index is -4.78. The largest absolute Gasteiger partial charge is 0.464 e. The average Bonchev–Trinajstić information content (AvgIpc) is 2.36. The second kappa shape index (κ2) is 6.10. The van der Waals surface area contributed by atoms with Gasteiger partial charge in [0.1, 0.15) is 6.10 Å². The Bertz CT molecular complexity index is 490. The van der Waals surface area contributed by atoms with E-state index in [-0.39, 0.29) is 12.3 Å². The Balaban J connectivity index is 3.22. The normalized spacial score (nSPS) is 14.7. The smallest absolute Gasteiger partial charge is 0.416 e. The number of hydrogen-bond donors (Lipinski definition) is 3. The number of rotatable bonds is 4. The third-order valence-electron chi connectivity index (χ3n) is 2.57. The molecule has 1 rings (SSSR count). The van der Waals surface area contributed by atoms with Crippen LogP contribution in [0.25, 0.3) is 0 Å². The van der Waals surface area contributed by atoms with Gasteiger partial charge < -0.3 is 20.7 Å². The molecule has 4 N–H and O–H groups in total. The topological polar surface area (TPSA) is 92.8 Å². The first kappa shape index (κ1) is 16.3. The van der Waals surface area contributed by atoms with Crippen molar-refractivity contribution in [2.75, 3.05) is 12.3 Å². The second-order valence-electron chi connectivity index (χ2n) is 3.95. The highest BCUT2D eigenvalue weighted by Crippen LogP contribution is 2.38. The van der Waals surface area contributed by atoms with Gasteiger partial charge in [0.2, 0.25) is 0 Å². The maximum Gasteiger partial charge on any atom is 0.416 e. The molecule has 2 unspecified atom stereocenters. The molecular weight excluding hydrogens is 279 g/mol. The van der Waals surface area contributed by atoms with Crippen LogP contribution in [0.4, 0.5) is 18.9 Å². The van der Waals surface area contributed by atoms with Gasteiger partial charge in [0.05, 0.1) is 12.2 Å². The molecule has 0 radical (unpaired) electrons. The Hall–Kier alpha value is -1.80. The molecule has 0 saturated carbocycles. The number of carbonyl (C=O) groups excluding carboxylic acids is 1. The van der Waals surface area contributed by atoms with E-state index in [1.54, 1.807) is 0 Å². The Morgan fingerprint density at radius 3 is 2.50 bits per heavy atom. The molecular formula is C12H14F3NO4. The molecule has 0 amide bonds. The zero-order chi connectivity index (χ0) is 15.5. The number of hydrogen-bond acceptors (Lipinski definition) is 5. The van der Waals surface area contributed by atoms with Crippen LogP contribution >= 0.6 is 0 Å². The Morgan fingerprint density at radius 1 is 1.40 bits per heavy atom. The lowest BCUT2D eigenvalue weighted by atomic mass is 9.96. The summed E-state index contributed by atoms with van der Waals surface area (Å²) in [5.41, 5.74) is 3.06. The molecule has 0 fully saturated rings. The molecule has 0 aliphatic rings. The average molecular weight is 293 g/mol. The number of carbonyl (C=O) groups is 1. The van der Waals surface area contributed by atoms with Crippen molar-refractivity contribution in [3.63, 3.8) is 0 Å². The number of anilines is 1. The van der Waals surface area contributed by atoms with E-state index in [1.807, 2.05) is 0 Å². The van der Waals surface area contributed by atoms with Gasteiger partial charge in [0, 0.05) is 11.3 Å². The molecule has 0 aromatic heterocycles. The van der Waals surface area contributed by atoms with Gasteiger partial charge in [0.15, 0.2) is 6.10 Å². The van der Waals surface area contributed by atoms with Crippen molar-refractivity contribution in [3.8, 4) is 0 Å². The van der Waals surface area contributed by atoms with Crippen LogP contribution in [0, 0.1) is 0 Å². The highest BCUT2D eigenvalue weighted by atomic mass is 19.4. The summed E-state index contributed by atoms with van der Waals surface area (Å²) < 4.78 is 43.0. The molecule has 5 nitrogen and oxygen atoms in total. The number of benzene rings is 1. The van der Waals surface area contributed by atoms with Gasteiger partial charge in [-0.25, -0.2) is 4.79 Å². The molecule has 0 aliphatic carbocycles. The van der Waals surface area contributed by atoms with E-state index < -0.39 is 35.5 Å². The summed E-state index contributed by atoms with van der Waals surface area (Å²) in [4.78, 5) is 11.3. The van der Waals surface area contributed by atoms with Crippen LogP contribution in [-0.4, -0.2) is 28.9 Å². The molecule has 0 spiro atoms. The van der Waals surface area contributed by atoms with Crippen molar-refractivity contribution in [2.45, 2.75) is 25.3 Å². The molecule has 8 heteroatoms. The van der Waals surface area contributed by atoms with E-state index in [2.05, 4.69) is 4.74 Å². The van der Waals surface area contributed by atoms with Crippen molar-refractivity contribution < 1.29 is 32.9 Å². The molecule has 112 valence electrons. The third-order valence-corrected chi connectivity index (χ3v) is 2.57. The fraction of sp³-hybridized carbons (Fsp3) is 0.417. The van der Waals surface area contributed by atoms with Gasteiger partial charge in [-0.15, -0.1) is 0 Å². The van der Waals surface area contributed by atoms with Crippen molar-refractivity contribution in [1.82, 2.24) is 0 Å². The summed E-state index contributed by atoms with van der Waals surface area (Å²) in [6.07, 6.45) is -9.06. The molecule has 2 atom stereocenters. The quantitative estimate of drug-likeness (QED) is 0.574. The minimum Gasteiger partial charge on any atom is -0.464 e. The van der Waals surface area contributed by atoms with Crippen LogP contribution in [-0.2, 0) is 15.7 Å². The van der Waals surface area contributed by atoms with E-state index >= 15 is 0 Å². The van der Waals surface area contributed by atoms with Crippen molar-refractivity contribution in [1.29, 1.82) is 0 Å². The lowest BCUT2D eigenvalue weighted by molar-refractivity contribution is -0.160. The van der Waals surface area contributed by atoms with Crippen LogP contribution in [0.3, 0.4) is 0 Å². The monoisotopic (exact) mass is 293 g/mol. The predicted octanol–water partition coefficient (Wildman–Crippen LogP) is 1.25. The standard InChI is InChI=1S/C12H14F3NO4/c1-2-20-11(19)10(18)9(17)8-6(12(13,14)15)4-3-5-7(8)16/h3-5,9-10,17-18H,2,16H2,1H3. The van der Waals surface area contributed by atoms with Crippen LogP contribution in [0.1, 0.15) is 24.2 Å². The van der Waals surface area contributed by atoms with Gasteiger partial charge in [0.25, 0.3) is 0 Å². The lowest BCUT2D eigenvalue weighted by Crippen LogP contribution is -2.31. The summed E-state index contributed by atoms with van der Waals surface area (Å²) >= 11 is 0. The maximum absolute atomic E-state index is 12.8. The van der Waals surface area contributed by atoms with Gasteiger partial charge >= 0.3 is 12.1 Å². The number of nitrogen functional groups attached to an aromatic ring is 1. The summed E-state index contributed by atoms with van der Waals surface area (Å²) in [6, 6.07) is 2.89. The van der Waals surface area contributed by atoms with Crippen LogP contribution in [0.2, 0.25) is 0 Å². The lowest BCUT2D eigenvalue weighted by Gasteiger charge is -2.22. The molecule has 0 aliphatic heterocycles. The number of halogens is 3. The number of ether oxygens (including phenoxy) is 1. The first-order chi connectivity index (χ1) is 9.20. The predicted molar refractivity (Wildman–Crippen MR) is 63.5 cm³/mol. The Kier molecular flexibility index (Phi) is 4.96. The molecule has 0 heterocycles. The summed E-state index contributed by atoms with van der Waals surface area (Å²) in [5, 5.41) is 19.3. The van der Waals surface area contributed by atoms with Crippen molar-refractivity contribution >= 4 is 11.7 Å². The first-order valence-electron chi connectivity index (χ1n) is 5.68. The van der Waals surface area contributed by atoms with Crippen molar-refractivity contribution in [2.24, 2.45) is 0 Å². The van der Waals surface area contributed by atoms with E-state index in [1.165, 1.54) is 6.92 Å². The van der Waals surface area contributed by atoms with E-state index in [0.29, 0.717) is 6.07 Å². The SMILES string of the molecule is CCOC(=O)C(O)C(O)c1c(N)cccc1C(F)(F)F. The van der Waals surface area contributed by atoms with E-state index in [9.17, 15) is 28.2 Å². The van der Waals surface area contributed by atoms with Gasteiger partial charge in [-0.1, -0.05) is 6.07 Å². The van der Waals surface area contributed by atoms with Gasteiger partial charge in [-0.05, 0) is 19.1 Å². The number of alkyl halides is 3. The first-order valence-corrected chi connectivity index (χ1v) is 5.68. The third kappa shape index (κ3) is 3.40. The van der Waals surface area contributed by atoms with Crippen LogP contribution in [0.5, 0.6) is 0 Å². The highest BCUT2D eigenvalue weighted by Gasteiger charge is 2.39. The number of aliphatic hydroxyl groups is 2. The number of nitrogens with two attached hydrogens (primary N) is 1. The molecule has 0 bridgehead atoms. The summed E-state index contributed by atoms with van der Waals surface area (Å²) in [6.45, 7) is 1.37. The summed E-state index contributed by atoms with van der Waals surface area (Å²) in [5.74, 6) is -1.23. The van der Waals surface area contributed by atoms with Crippen LogP contribution in [0.15, 0.2) is 18.2 Å². The fourth-order valence-electron chi connectivity index (χ4n) is 1.67. The zero-order valence-corrected chi connectivity index (χ0v) is 10.5.